The van der Waals surface area contributed by atoms with Gasteiger partial charge in [-0.2, -0.15) is 0 Å². The number of hydrogen-bond donors (Lipinski definition) is 4. The van der Waals surface area contributed by atoms with Crippen molar-refractivity contribution < 1.29 is 33.8 Å². The van der Waals surface area contributed by atoms with Crippen molar-refractivity contribution in [1.29, 1.82) is 0 Å². The van der Waals surface area contributed by atoms with Crippen molar-refractivity contribution >= 4 is 37.4 Å². The first kappa shape index (κ1) is 35.7. The monoisotopic (exact) mass is 700 g/mol. The van der Waals surface area contributed by atoms with Crippen molar-refractivity contribution in [3.05, 3.63) is 89.5 Å². The third kappa shape index (κ3) is 6.95. The van der Waals surface area contributed by atoms with Crippen LogP contribution in [-0.2, 0) is 37.8 Å². The van der Waals surface area contributed by atoms with Crippen LogP contribution in [0.4, 0.5) is 11.4 Å². The third-order valence-corrected chi connectivity index (χ3v) is 12.9. The number of aliphatic hydroxyl groups is 1. The number of carbonyl (C=O) groups is 3. The van der Waals surface area contributed by atoms with Crippen molar-refractivity contribution in [3.63, 3.8) is 0 Å². The molecule has 3 amide bonds. The fraction of sp³-hybridized carbons (Fsp3) is 0.447. The van der Waals surface area contributed by atoms with Crippen LogP contribution < -0.4 is 20.3 Å². The molecule has 0 aliphatic carbocycles. The summed E-state index contributed by atoms with van der Waals surface area (Å²) in [4.78, 5) is 56.4. The number of aliphatic hydroxyl groups excluding tert-OH is 1. The molecule has 2 fully saturated rings. The molecule has 50 heavy (non-hydrogen) atoms. The molecule has 11 nitrogen and oxygen atoms in total. The molecule has 0 aromatic heterocycles. The normalized spacial score (nSPS) is 24.4. The van der Waals surface area contributed by atoms with E-state index < -0.39 is 31.5 Å². The summed E-state index contributed by atoms with van der Waals surface area (Å²) in [6, 6.07) is 22.4. The molecule has 6 rings (SSSR count). The number of methoxy groups -OCH3 is 1. The maximum absolute atomic E-state index is 14.8. The van der Waals surface area contributed by atoms with Gasteiger partial charge in [-0.15, -0.1) is 0 Å². The first-order valence-corrected chi connectivity index (χ1v) is 20.4. The lowest BCUT2D eigenvalue weighted by atomic mass is 9.82. The van der Waals surface area contributed by atoms with E-state index >= 15 is 0 Å². The van der Waals surface area contributed by atoms with Crippen molar-refractivity contribution in [2.75, 3.05) is 37.0 Å². The first-order valence-electron chi connectivity index (χ1n) is 17.4. The van der Waals surface area contributed by atoms with Gasteiger partial charge in [0, 0.05) is 35.8 Å². The highest BCUT2D eigenvalue weighted by molar-refractivity contribution is 6.71. The minimum atomic E-state index is -3.02. The molecular weight excluding hydrogens is 653 g/mol. The van der Waals surface area contributed by atoms with E-state index in [1.54, 1.807) is 16.9 Å². The highest BCUT2D eigenvalue weighted by Gasteiger charge is 2.66. The maximum Gasteiger partial charge on any atom is 0.264 e. The van der Waals surface area contributed by atoms with Gasteiger partial charge in [0.05, 0.1) is 44.5 Å². The Balaban J connectivity index is 1.28. The van der Waals surface area contributed by atoms with E-state index in [2.05, 4.69) is 10.6 Å². The molecule has 3 aromatic carbocycles. The second-order valence-electron chi connectivity index (χ2n) is 14.2. The van der Waals surface area contributed by atoms with E-state index in [0.717, 1.165) is 30.5 Å². The van der Waals surface area contributed by atoms with Crippen LogP contribution in [0.15, 0.2) is 72.8 Å². The van der Waals surface area contributed by atoms with E-state index in [1.165, 1.54) is 0 Å². The molecule has 1 spiro atoms. The van der Waals surface area contributed by atoms with Gasteiger partial charge in [-0.3, -0.25) is 14.4 Å². The molecule has 0 unspecified atom stereocenters. The number of carbonyl (C=O) groups excluding carboxylic acids is 3. The van der Waals surface area contributed by atoms with Gasteiger partial charge < -0.3 is 39.8 Å². The zero-order valence-corrected chi connectivity index (χ0v) is 30.2. The molecule has 3 aromatic rings. The summed E-state index contributed by atoms with van der Waals surface area (Å²) in [5.41, 5.74) is 1.92. The number of nitrogens with one attached hydrogen (secondary N) is 2. The average Bonchev–Trinajstić information content (AvgIpc) is 3.79. The molecule has 4 N–H and O–H groups in total. The average molecular weight is 701 g/mol. The lowest BCUT2D eigenvalue weighted by Crippen LogP contribution is -2.46. The zero-order chi connectivity index (χ0) is 35.6. The standard InChI is InChI=1S/C38H48N4O7Si/c1-25-35(50(3,4)47)33(22-34(44)41(19-20-43)23-26-9-6-5-7-10-26)49-38(25)30-21-29(48-2)16-17-32(30)42(37(38)46)24-27-12-14-28(15-13-27)40-36(45)31-11-8-18-39-31/h5-7,9-10,12-17,21,25,31,33,35,39,43,47H,8,11,18-20,22-24H2,1-4H3,(H,40,45)/t25-,31+,33+,35-,38+/m0/s1. The molecule has 3 aliphatic rings. The van der Waals surface area contributed by atoms with Crippen LogP contribution in [0.25, 0.3) is 0 Å². The van der Waals surface area contributed by atoms with Crippen LogP contribution >= 0.6 is 0 Å². The highest BCUT2D eigenvalue weighted by atomic mass is 28.4. The van der Waals surface area contributed by atoms with Gasteiger partial charge in [-0.05, 0) is 73.9 Å². The molecule has 0 radical (unpaired) electrons. The van der Waals surface area contributed by atoms with Gasteiger partial charge in [-0.25, -0.2) is 0 Å². The van der Waals surface area contributed by atoms with E-state index in [0.29, 0.717) is 29.2 Å². The van der Waals surface area contributed by atoms with E-state index in [-0.39, 0.29) is 49.9 Å². The highest BCUT2D eigenvalue weighted by Crippen LogP contribution is 2.60. The number of nitrogens with zero attached hydrogens (tertiary/aromatic N) is 2. The fourth-order valence-corrected chi connectivity index (χ4v) is 10.6. The molecule has 3 heterocycles. The summed E-state index contributed by atoms with van der Waals surface area (Å²) in [6.07, 6.45) is 1.01. The summed E-state index contributed by atoms with van der Waals surface area (Å²) >= 11 is 0. The Kier molecular flexibility index (Phi) is 10.5. The van der Waals surface area contributed by atoms with Crippen LogP contribution in [-0.4, -0.2) is 79.8 Å². The smallest absolute Gasteiger partial charge is 0.264 e. The number of amides is 3. The Morgan fingerprint density at radius 3 is 2.48 bits per heavy atom. The van der Waals surface area contributed by atoms with Crippen molar-refractivity contribution in [2.45, 2.75) is 75.7 Å². The molecule has 0 saturated carbocycles. The van der Waals surface area contributed by atoms with Crippen molar-refractivity contribution in [3.8, 4) is 5.75 Å². The minimum Gasteiger partial charge on any atom is -0.497 e. The molecule has 266 valence electrons. The number of ether oxygens (including phenoxy) is 2. The lowest BCUT2D eigenvalue weighted by molar-refractivity contribution is -0.150. The summed E-state index contributed by atoms with van der Waals surface area (Å²) in [5.74, 6) is -0.423. The Hall–Kier alpha value is -4.07. The number of fused-ring (bicyclic) bond motifs is 2. The van der Waals surface area contributed by atoms with E-state index in [1.807, 2.05) is 92.8 Å². The number of hydrogen-bond acceptors (Lipinski definition) is 8. The summed E-state index contributed by atoms with van der Waals surface area (Å²) < 4.78 is 12.5. The number of benzene rings is 3. The van der Waals surface area contributed by atoms with Crippen LogP contribution in [0, 0.1) is 5.92 Å². The number of anilines is 2. The molecular formula is C38H48N4O7Si. The quantitative estimate of drug-likeness (QED) is 0.207. The predicted molar refractivity (Wildman–Crippen MR) is 193 cm³/mol. The van der Waals surface area contributed by atoms with Gasteiger partial charge in [0.2, 0.25) is 11.8 Å². The lowest BCUT2D eigenvalue weighted by Gasteiger charge is -2.32. The SMILES string of the molecule is COc1ccc2c(c1)[C@@]1(O[C@H](CC(=O)N(CCO)Cc3ccccc3)[C@@H]([Si](C)(C)O)[C@@H]1C)C(=O)N2Cc1ccc(NC(=O)[C@H]2CCCN2)cc1. The predicted octanol–water partition coefficient (Wildman–Crippen LogP) is 4.14. The topological polar surface area (TPSA) is 141 Å². The van der Waals surface area contributed by atoms with Crippen molar-refractivity contribution in [2.24, 2.45) is 5.92 Å². The second kappa shape index (κ2) is 14.6. The Bertz CT molecular complexity index is 1690. The first-order chi connectivity index (χ1) is 24.0. The summed E-state index contributed by atoms with van der Waals surface area (Å²) in [5, 5.41) is 16.0. The second-order valence-corrected chi connectivity index (χ2v) is 18.2. The van der Waals surface area contributed by atoms with Gasteiger partial charge in [0.25, 0.3) is 5.91 Å². The molecule has 5 atom stereocenters. The van der Waals surface area contributed by atoms with Crippen LogP contribution in [0.2, 0.25) is 18.6 Å². The Morgan fingerprint density at radius 2 is 1.84 bits per heavy atom. The zero-order valence-electron chi connectivity index (χ0n) is 29.2. The van der Waals surface area contributed by atoms with Gasteiger partial charge in [-0.1, -0.05) is 49.4 Å². The third-order valence-electron chi connectivity index (χ3n) is 10.4. The molecule has 2 saturated heterocycles. The Labute approximate surface area is 294 Å². The van der Waals surface area contributed by atoms with Crippen molar-refractivity contribution in [1.82, 2.24) is 10.2 Å². The van der Waals surface area contributed by atoms with Gasteiger partial charge >= 0.3 is 0 Å². The van der Waals surface area contributed by atoms with Crippen LogP contribution in [0.5, 0.6) is 5.75 Å². The van der Waals surface area contributed by atoms with E-state index in [9.17, 15) is 24.3 Å². The van der Waals surface area contributed by atoms with Gasteiger partial charge in [0.1, 0.15) is 5.75 Å². The number of rotatable bonds is 12. The summed E-state index contributed by atoms with van der Waals surface area (Å²) in [6.45, 7) is 6.97. The molecule has 12 heteroatoms. The van der Waals surface area contributed by atoms with Gasteiger partial charge in [0.15, 0.2) is 13.9 Å². The molecule has 3 aliphatic heterocycles. The van der Waals surface area contributed by atoms with Crippen LogP contribution in [0.1, 0.15) is 42.9 Å². The van der Waals surface area contributed by atoms with Crippen LogP contribution in [0.3, 0.4) is 0 Å². The largest absolute Gasteiger partial charge is 0.497 e. The minimum absolute atomic E-state index is 0.0449. The fourth-order valence-electron chi connectivity index (χ4n) is 8.07. The maximum atomic E-state index is 14.8. The summed E-state index contributed by atoms with van der Waals surface area (Å²) in [7, 11) is -1.45. The Morgan fingerprint density at radius 1 is 1.10 bits per heavy atom. The molecule has 0 bridgehead atoms. The van der Waals surface area contributed by atoms with E-state index in [4.69, 9.17) is 9.47 Å².